The molecular formula is C12H11N3O4S. The van der Waals surface area contributed by atoms with E-state index in [0.29, 0.717) is 16.6 Å². The second-order valence-electron chi connectivity index (χ2n) is 3.60. The number of ether oxygens (including phenoxy) is 2. The first-order valence-corrected chi connectivity index (χ1v) is 6.32. The molecule has 104 valence electrons. The molecule has 0 N–H and O–H groups in total. The number of nitrogens with zero attached hydrogens (tertiary/aromatic N) is 3. The fraction of sp³-hybridized carbons (Fsp3) is 0.167. The van der Waals surface area contributed by atoms with Gasteiger partial charge in [-0.1, -0.05) is 0 Å². The predicted octanol–water partition coefficient (Wildman–Crippen LogP) is 2.82. The molecule has 2 rings (SSSR count). The number of methoxy groups -OCH3 is 2. The molecule has 0 saturated carbocycles. The van der Waals surface area contributed by atoms with E-state index in [0.717, 1.165) is 16.9 Å². The van der Waals surface area contributed by atoms with Crippen molar-refractivity contribution < 1.29 is 14.4 Å². The van der Waals surface area contributed by atoms with Crippen molar-refractivity contribution in [2.24, 2.45) is 4.99 Å². The lowest BCUT2D eigenvalue weighted by molar-refractivity contribution is -0.380. The molecule has 0 spiro atoms. The van der Waals surface area contributed by atoms with Crippen molar-refractivity contribution in [2.75, 3.05) is 14.2 Å². The lowest BCUT2D eigenvalue weighted by atomic mass is 10.2. The second-order valence-corrected chi connectivity index (χ2v) is 4.59. The molecule has 0 aliphatic rings. The maximum absolute atomic E-state index is 10.5. The minimum Gasteiger partial charge on any atom is -0.497 e. The number of hydrogen-bond acceptors (Lipinski definition) is 7. The first-order valence-electron chi connectivity index (χ1n) is 5.50. The van der Waals surface area contributed by atoms with Crippen molar-refractivity contribution in [1.82, 2.24) is 4.98 Å². The van der Waals surface area contributed by atoms with Gasteiger partial charge in [0.1, 0.15) is 17.7 Å². The van der Waals surface area contributed by atoms with Crippen molar-refractivity contribution in [3.63, 3.8) is 0 Å². The number of benzene rings is 1. The van der Waals surface area contributed by atoms with Gasteiger partial charge in [-0.05, 0) is 23.5 Å². The third-order valence-corrected chi connectivity index (χ3v) is 3.27. The number of aromatic nitrogens is 1. The van der Waals surface area contributed by atoms with Gasteiger partial charge in [-0.15, -0.1) is 0 Å². The topological polar surface area (TPSA) is 86.9 Å². The summed E-state index contributed by atoms with van der Waals surface area (Å²) in [5.74, 6) is 1.27. The number of rotatable bonds is 5. The zero-order valence-electron chi connectivity index (χ0n) is 10.8. The molecule has 0 fully saturated rings. The molecule has 1 aromatic carbocycles. The highest BCUT2D eigenvalue weighted by Gasteiger charge is 2.10. The van der Waals surface area contributed by atoms with Crippen LogP contribution in [0.3, 0.4) is 0 Å². The Bertz CT molecular complexity index is 654. The number of hydrogen-bond donors (Lipinski definition) is 0. The SMILES string of the molecule is COc1ccc(/C=N\c2ncc([N+](=O)[O-])s2)c(OC)c1. The summed E-state index contributed by atoms with van der Waals surface area (Å²) < 4.78 is 10.3. The molecule has 0 radical (unpaired) electrons. The monoisotopic (exact) mass is 293 g/mol. The maximum Gasteiger partial charge on any atom is 0.345 e. The van der Waals surface area contributed by atoms with Gasteiger partial charge in [0.25, 0.3) is 0 Å². The van der Waals surface area contributed by atoms with Gasteiger partial charge in [-0.2, -0.15) is 0 Å². The van der Waals surface area contributed by atoms with Crippen molar-refractivity contribution in [3.05, 3.63) is 40.1 Å². The molecule has 1 aromatic heterocycles. The van der Waals surface area contributed by atoms with Gasteiger partial charge in [0, 0.05) is 17.8 Å². The largest absolute Gasteiger partial charge is 0.497 e. The molecule has 7 nitrogen and oxygen atoms in total. The highest BCUT2D eigenvalue weighted by atomic mass is 32.1. The number of nitro groups is 1. The normalized spacial score (nSPS) is 10.7. The average molecular weight is 293 g/mol. The summed E-state index contributed by atoms with van der Waals surface area (Å²) in [6.45, 7) is 0. The van der Waals surface area contributed by atoms with Gasteiger partial charge >= 0.3 is 5.00 Å². The van der Waals surface area contributed by atoms with Gasteiger partial charge in [0.15, 0.2) is 0 Å². The van der Waals surface area contributed by atoms with E-state index in [1.807, 2.05) is 0 Å². The van der Waals surface area contributed by atoms with E-state index in [4.69, 9.17) is 9.47 Å². The van der Waals surface area contributed by atoms with E-state index in [-0.39, 0.29) is 5.00 Å². The Morgan fingerprint density at radius 1 is 1.40 bits per heavy atom. The van der Waals surface area contributed by atoms with Gasteiger partial charge in [0.2, 0.25) is 5.13 Å². The Morgan fingerprint density at radius 2 is 2.20 bits per heavy atom. The zero-order valence-corrected chi connectivity index (χ0v) is 11.6. The summed E-state index contributed by atoms with van der Waals surface area (Å²) in [6, 6.07) is 5.28. The average Bonchev–Trinajstić information content (AvgIpc) is 2.94. The fourth-order valence-electron chi connectivity index (χ4n) is 1.45. The lowest BCUT2D eigenvalue weighted by Crippen LogP contribution is -1.92. The summed E-state index contributed by atoms with van der Waals surface area (Å²) >= 11 is 0.908. The van der Waals surface area contributed by atoms with Gasteiger partial charge in [-0.25, -0.2) is 9.98 Å². The Kier molecular flexibility index (Phi) is 4.26. The van der Waals surface area contributed by atoms with E-state index < -0.39 is 4.92 Å². The van der Waals surface area contributed by atoms with E-state index in [1.165, 1.54) is 6.20 Å². The van der Waals surface area contributed by atoms with Crippen LogP contribution in [0, 0.1) is 10.1 Å². The standard InChI is InChI=1S/C12H11N3O4S/c1-18-9-4-3-8(10(5-9)19-2)6-13-12-14-7-11(20-12)15(16)17/h3-7H,1-2H3/b13-6-. The predicted molar refractivity (Wildman–Crippen MR) is 75.6 cm³/mol. The Labute approximate surface area is 118 Å². The summed E-state index contributed by atoms with van der Waals surface area (Å²) in [5, 5.41) is 10.8. The highest BCUT2D eigenvalue weighted by molar-refractivity contribution is 7.18. The molecule has 1 heterocycles. The van der Waals surface area contributed by atoms with E-state index in [2.05, 4.69) is 9.98 Å². The van der Waals surface area contributed by atoms with Crippen molar-refractivity contribution in [1.29, 1.82) is 0 Å². The maximum atomic E-state index is 10.5. The quantitative estimate of drug-likeness (QED) is 0.480. The lowest BCUT2D eigenvalue weighted by Gasteiger charge is -2.06. The number of aliphatic imine (C=N–C) groups is 1. The summed E-state index contributed by atoms with van der Waals surface area (Å²) in [6.07, 6.45) is 2.73. The van der Waals surface area contributed by atoms with Crippen LogP contribution in [0.4, 0.5) is 10.1 Å². The Balaban J connectivity index is 2.23. The first kappa shape index (κ1) is 13.9. The Morgan fingerprint density at radius 3 is 2.80 bits per heavy atom. The van der Waals surface area contributed by atoms with Crippen LogP contribution in [0.5, 0.6) is 11.5 Å². The summed E-state index contributed by atoms with van der Waals surface area (Å²) in [5.41, 5.74) is 0.728. The van der Waals surface area contributed by atoms with E-state index in [1.54, 1.807) is 38.6 Å². The van der Waals surface area contributed by atoms with Gasteiger partial charge < -0.3 is 9.47 Å². The molecule has 0 atom stereocenters. The molecule has 8 heteroatoms. The summed E-state index contributed by atoms with van der Waals surface area (Å²) in [7, 11) is 3.11. The van der Waals surface area contributed by atoms with Crippen LogP contribution in [0.15, 0.2) is 29.4 Å². The third kappa shape index (κ3) is 3.09. The fourth-order valence-corrected chi connectivity index (χ4v) is 2.03. The van der Waals surface area contributed by atoms with Crippen LogP contribution in [-0.4, -0.2) is 30.3 Å². The van der Waals surface area contributed by atoms with Crippen LogP contribution in [0.25, 0.3) is 0 Å². The second kappa shape index (κ2) is 6.11. The minimum absolute atomic E-state index is 0.0427. The Hall–Kier alpha value is -2.48. The molecule has 0 bridgehead atoms. The molecule has 0 aliphatic carbocycles. The van der Waals surface area contributed by atoms with Crippen LogP contribution in [-0.2, 0) is 0 Å². The smallest absolute Gasteiger partial charge is 0.345 e. The van der Waals surface area contributed by atoms with Crippen molar-refractivity contribution >= 4 is 27.7 Å². The van der Waals surface area contributed by atoms with Gasteiger partial charge in [-0.3, -0.25) is 10.1 Å². The molecule has 0 aliphatic heterocycles. The van der Waals surface area contributed by atoms with Gasteiger partial charge in [0.05, 0.1) is 19.1 Å². The summed E-state index contributed by atoms with van der Waals surface area (Å²) in [4.78, 5) is 18.0. The molecule has 0 unspecified atom stereocenters. The van der Waals surface area contributed by atoms with E-state index in [9.17, 15) is 10.1 Å². The highest BCUT2D eigenvalue weighted by Crippen LogP contribution is 2.28. The number of thiazole rings is 1. The van der Waals surface area contributed by atoms with Crippen molar-refractivity contribution in [2.45, 2.75) is 0 Å². The van der Waals surface area contributed by atoms with Crippen LogP contribution < -0.4 is 9.47 Å². The van der Waals surface area contributed by atoms with Crippen LogP contribution >= 0.6 is 11.3 Å². The first-order chi connectivity index (χ1) is 9.63. The molecule has 20 heavy (non-hydrogen) atoms. The molecule has 0 saturated heterocycles. The minimum atomic E-state index is -0.495. The van der Waals surface area contributed by atoms with Crippen LogP contribution in [0.2, 0.25) is 0 Å². The molecular weight excluding hydrogens is 282 g/mol. The van der Waals surface area contributed by atoms with E-state index >= 15 is 0 Å². The van der Waals surface area contributed by atoms with Crippen LogP contribution in [0.1, 0.15) is 5.56 Å². The molecule has 2 aromatic rings. The van der Waals surface area contributed by atoms with Crippen molar-refractivity contribution in [3.8, 4) is 11.5 Å². The zero-order chi connectivity index (χ0) is 14.5. The molecule has 0 amide bonds. The third-order valence-electron chi connectivity index (χ3n) is 2.42.